The maximum Gasteiger partial charge on any atom is 0.257 e. The molecule has 4 rings (SSSR count). The normalized spacial score (nSPS) is 11.0. The van der Waals surface area contributed by atoms with Crippen molar-refractivity contribution < 1.29 is 13.6 Å². The molecule has 3 aromatic carbocycles. The van der Waals surface area contributed by atoms with Gasteiger partial charge in [0.25, 0.3) is 5.91 Å². The van der Waals surface area contributed by atoms with Crippen molar-refractivity contribution in [3.05, 3.63) is 89.2 Å². The van der Waals surface area contributed by atoms with Gasteiger partial charge in [-0.05, 0) is 71.7 Å². The number of halogens is 1. The molecular formula is C25H22FN3O2S. The van der Waals surface area contributed by atoms with Gasteiger partial charge in [-0.2, -0.15) is 0 Å². The molecule has 0 aliphatic rings. The molecule has 0 aliphatic heterocycles. The fraction of sp³-hybridized carbons (Fsp3) is 0.160. The largest absolute Gasteiger partial charge is 0.436 e. The van der Waals surface area contributed by atoms with Crippen LogP contribution in [0.2, 0.25) is 0 Å². The first-order valence-electron chi connectivity index (χ1n) is 10.2. The highest BCUT2D eigenvalue weighted by Crippen LogP contribution is 2.27. The van der Waals surface area contributed by atoms with E-state index in [4.69, 9.17) is 16.6 Å². The third-order valence-electron chi connectivity index (χ3n) is 5.05. The van der Waals surface area contributed by atoms with Gasteiger partial charge in [-0.25, -0.2) is 9.37 Å². The van der Waals surface area contributed by atoms with Crippen LogP contribution in [0.1, 0.15) is 41.3 Å². The summed E-state index contributed by atoms with van der Waals surface area (Å²) in [5.74, 6) is 0.0548. The maximum atomic E-state index is 13.3. The lowest BCUT2D eigenvalue weighted by atomic mass is 10.0. The van der Waals surface area contributed by atoms with Crippen LogP contribution in [0, 0.1) is 5.82 Å². The lowest BCUT2D eigenvalue weighted by molar-refractivity contribution is 0.0976. The number of amides is 1. The van der Waals surface area contributed by atoms with Crippen LogP contribution < -0.4 is 10.6 Å². The van der Waals surface area contributed by atoms with Crippen LogP contribution in [0.15, 0.2) is 71.1 Å². The number of carbonyl (C=O) groups is 1. The standard InChI is InChI=1S/C25H22FN3O2S/c1-15(2)18-10-11-22-21(13-18)28-24(31-22)17-8-6-16(7-9-17)14-27-25(32)29-23(30)19-4-3-5-20(26)12-19/h3-13,15H,14H2,1-2H3,(H2,27,29,30,32). The number of hydrogen-bond donors (Lipinski definition) is 2. The summed E-state index contributed by atoms with van der Waals surface area (Å²) in [6.45, 7) is 4.72. The van der Waals surface area contributed by atoms with Crippen molar-refractivity contribution in [1.29, 1.82) is 0 Å². The second-order valence-corrected chi connectivity index (χ2v) is 8.15. The molecule has 1 aromatic heterocycles. The molecule has 1 heterocycles. The molecule has 4 aromatic rings. The monoisotopic (exact) mass is 447 g/mol. The van der Waals surface area contributed by atoms with Crippen LogP contribution in [-0.2, 0) is 6.54 Å². The number of rotatable bonds is 5. The van der Waals surface area contributed by atoms with E-state index in [0.29, 0.717) is 18.4 Å². The summed E-state index contributed by atoms with van der Waals surface area (Å²) >= 11 is 5.17. The summed E-state index contributed by atoms with van der Waals surface area (Å²) < 4.78 is 19.2. The Balaban J connectivity index is 1.37. The fourth-order valence-electron chi connectivity index (χ4n) is 3.22. The van der Waals surface area contributed by atoms with Gasteiger partial charge in [0.1, 0.15) is 11.3 Å². The van der Waals surface area contributed by atoms with Gasteiger partial charge in [0.15, 0.2) is 10.7 Å². The molecule has 0 unspecified atom stereocenters. The number of thiocarbonyl (C=S) groups is 1. The molecule has 32 heavy (non-hydrogen) atoms. The minimum atomic E-state index is -0.476. The number of fused-ring (bicyclic) bond motifs is 1. The van der Waals surface area contributed by atoms with Gasteiger partial charge >= 0.3 is 0 Å². The van der Waals surface area contributed by atoms with E-state index < -0.39 is 11.7 Å². The number of nitrogens with one attached hydrogen (secondary N) is 2. The van der Waals surface area contributed by atoms with Crippen molar-refractivity contribution in [3.63, 3.8) is 0 Å². The molecule has 0 fully saturated rings. The number of benzene rings is 3. The molecule has 5 nitrogen and oxygen atoms in total. The molecular weight excluding hydrogens is 425 g/mol. The quantitative estimate of drug-likeness (QED) is 0.392. The molecule has 0 saturated heterocycles. The summed E-state index contributed by atoms with van der Waals surface area (Å²) in [6, 6.07) is 19.3. The molecule has 0 spiro atoms. The fourth-order valence-corrected chi connectivity index (χ4v) is 3.39. The van der Waals surface area contributed by atoms with Crippen molar-refractivity contribution in [1.82, 2.24) is 15.6 Å². The maximum absolute atomic E-state index is 13.3. The van der Waals surface area contributed by atoms with E-state index in [0.717, 1.165) is 28.3 Å². The first-order chi connectivity index (χ1) is 15.4. The summed E-state index contributed by atoms with van der Waals surface area (Å²) in [5.41, 5.74) is 4.87. The average molecular weight is 448 g/mol. The van der Waals surface area contributed by atoms with Gasteiger partial charge < -0.3 is 9.73 Å². The van der Waals surface area contributed by atoms with Crippen molar-refractivity contribution in [2.75, 3.05) is 0 Å². The number of hydrogen-bond acceptors (Lipinski definition) is 4. The lowest BCUT2D eigenvalue weighted by Gasteiger charge is -2.10. The topological polar surface area (TPSA) is 67.2 Å². The van der Waals surface area contributed by atoms with Crippen LogP contribution in [0.3, 0.4) is 0 Å². The smallest absolute Gasteiger partial charge is 0.257 e. The molecule has 0 bridgehead atoms. The molecule has 0 radical (unpaired) electrons. The Hall–Kier alpha value is -3.58. The Morgan fingerprint density at radius 3 is 2.59 bits per heavy atom. The highest BCUT2D eigenvalue weighted by atomic mass is 32.1. The third kappa shape index (κ3) is 5.00. The second kappa shape index (κ2) is 9.28. The Bertz CT molecular complexity index is 1280. The molecule has 162 valence electrons. The first-order valence-corrected chi connectivity index (χ1v) is 10.6. The summed E-state index contributed by atoms with van der Waals surface area (Å²) in [6.07, 6.45) is 0. The van der Waals surface area contributed by atoms with Crippen LogP contribution >= 0.6 is 12.2 Å². The average Bonchev–Trinajstić information content (AvgIpc) is 3.21. The van der Waals surface area contributed by atoms with Crippen LogP contribution in [0.25, 0.3) is 22.6 Å². The van der Waals surface area contributed by atoms with E-state index in [2.05, 4.69) is 41.6 Å². The summed E-state index contributed by atoms with van der Waals surface area (Å²) in [4.78, 5) is 16.7. The lowest BCUT2D eigenvalue weighted by Crippen LogP contribution is -2.38. The van der Waals surface area contributed by atoms with Crippen molar-refractivity contribution in [2.24, 2.45) is 0 Å². The molecule has 2 N–H and O–H groups in total. The van der Waals surface area contributed by atoms with Gasteiger partial charge in [0, 0.05) is 17.7 Å². The van der Waals surface area contributed by atoms with Crippen molar-refractivity contribution in [3.8, 4) is 11.5 Å². The number of nitrogens with zero attached hydrogens (tertiary/aromatic N) is 1. The van der Waals surface area contributed by atoms with E-state index in [1.807, 2.05) is 30.3 Å². The van der Waals surface area contributed by atoms with Gasteiger partial charge in [-0.3, -0.25) is 10.1 Å². The van der Waals surface area contributed by atoms with Gasteiger partial charge in [0.2, 0.25) is 5.89 Å². The Kier molecular flexibility index (Phi) is 6.28. The summed E-state index contributed by atoms with van der Waals surface area (Å²) in [5, 5.41) is 5.70. The third-order valence-corrected chi connectivity index (χ3v) is 5.29. The van der Waals surface area contributed by atoms with Crippen molar-refractivity contribution in [2.45, 2.75) is 26.3 Å². The van der Waals surface area contributed by atoms with Crippen LogP contribution in [0.5, 0.6) is 0 Å². The molecule has 1 amide bonds. The van der Waals surface area contributed by atoms with Gasteiger partial charge in [0.05, 0.1) is 0 Å². The van der Waals surface area contributed by atoms with Crippen molar-refractivity contribution >= 4 is 34.3 Å². The first kappa shape index (κ1) is 21.6. The minimum Gasteiger partial charge on any atom is -0.436 e. The number of carbonyl (C=O) groups excluding carboxylic acids is 1. The van der Waals surface area contributed by atoms with E-state index in [9.17, 15) is 9.18 Å². The van der Waals surface area contributed by atoms with E-state index in [1.165, 1.54) is 23.8 Å². The molecule has 0 saturated carbocycles. The summed E-state index contributed by atoms with van der Waals surface area (Å²) in [7, 11) is 0. The van der Waals surface area contributed by atoms with Gasteiger partial charge in [-0.1, -0.05) is 38.1 Å². The predicted octanol–water partition coefficient (Wildman–Crippen LogP) is 5.56. The highest BCUT2D eigenvalue weighted by molar-refractivity contribution is 7.80. The zero-order valence-electron chi connectivity index (χ0n) is 17.7. The van der Waals surface area contributed by atoms with Crippen LogP contribution in [0.4, 0.5) is 4.39 Å². The molecule has 0 atom stereocenters. The second-order valence-electron chi connectivity index (χ2n) is 7.74. The van der Waals surface area contributed by atoms with E-state index in [1.54, 1.807) is 0 Å². The number of aromatic nitrogens is 1. The Labute approximate surface area is 190 Å². The van der Waals surface area contributed by atoms with Gasteiger partial charge in [-0.15, -0.1) is 0 Å². The Morgan fingerprint density at radius 1 is 1.09 bits per heavy atom. The highest BCUT2D eigenvalue weighted by Gasteiger charge is 2.11. The molecule has 7 heteroatoms. The molecule has 0 aliphatic carbocycles. The van der Waals surface area contributed by atoms with E-state index >= 15 is 0 Å². The zero-order chi connectivity index (χ0) is 22.7. The van der Waals surface area contributed by atoms with Crippen LogP contribution in [-0.4, -0.2) is 16.0 Å². The SMILES string of the molecule is CC(C)c1ccc2oc(-c3ccc(CNC(=S)NC(=O)c4cccc(F)c4)cc3)nc2c1. The number of oxazole rings is 1. The minimum absolute atomic E-state index is 0.170. The predicted molar refractivity (Wildman–Crippen MR) is 127 cm³/mol. The van der Waals surface area contributed by atoms with E-state index in [-0.39, 0.29) is 10.7 Å². The zero-order valence-corrected chi connectivity index (χ0v) is 18.5. The Morgan fingerprint density at radius 2 is 1.88 bits per heavy atom.